The van der Waals surface area contributed by atoms with Crippen LogP contribution in [0.2, 0.25) is 0 Å². The first-order chi connectivity index (χ1) is 8.50. The quantitative estimate of drug-likeness (QED) is 0.781. The summed E-state index contributed by atoms with van der Waals surface area (Å²) in [6.07, 6.45) is 0.601. The summed E-state index contributed by atoms with van der Waals surface area (Å²) in [4.78, 5) is 22.8. The van der Waals surface area contributed by atoms with E-state index in [1.54, 1.807) is 30.3 Å². The molecular formula is C13H15NO4. The molecule has 0 aliphatic carbocycles. The van der Waals surface area contributed by atoms with Gasteiger partial charge in [-0.15, -0.1) is 0 Å². The summed E-state index contributed by atoms with van der Waals surface area (Å²) in [6, 6.07) is 8.42. The van der Waals surface area contributed by atoms with Crippen molar-refractivity contribution in [3.05, 3.63) is 48.6 Å². The summed E-state index contributed by atoms with van der Waals surface area (Å²) in [5, 5.41) is 11.6. The van der Waals surface area contributed by atoms with Crippen molar-refractivity contribution >= 4 is 12.1 Å². The maximum absolute atomic E-state index is 11.5. The summed E-state index contributed by atoms with van der Waals surface area (Å²) in [6.45, 7) is 4.83. The summed E-state index contributed by atoms with van der Waals surface area (Å²) >= 11 is 0. The smallest absolute Gasteiger partial charge is 0.408 e. The third kappa shape index (κ3) is 3.10. The number of carboxylic acids is 1. The number of ether oxygens (including phenoxy) is 1. The maximum atomic E-state index is 11.5. The van der Waals surface area contributed by atoms with Gasteiger partial charge in [-0.3, -0.25) is 0 Å². The molecule has 18 heavy (non-hydrogen) atoms. The summed E-state index contributed by atoms with van der Waals surface area (Å²) < 4.78 is 4.73. The Labute approximate surface area is 105 Å². The predicted molar refractivity (Wildman–Crippen MR) is 66.1 cm³/mol. The predicted octanol–water partition coefficient (Wildman–Crippen LogP) is 1.90. The molecule has 1 rings (SSSR count). The molecule has 1 aromatic rings. The molecule has 0 saturated heterocycles. The molecular weight excluding hydrogens is 234 g/mol. The number of benzene rings is 1. The van der Waals surface area contributed by atoms with Crippen molar-refractivity contribution in [2.24, 2.45) is 0 Å². The van der Waals surface area contributed by atoms with Crippen molar-refractivity contribution in [1.82, 2.24) is 5.32 Å². The zero-order chi connectivity index (χ0) is 13.6. The first kappa shape index (κ1) is 13.8. The summed E-state index contributed by atoms with van der Waals surface area (Å²) in [5.41, 5.74) is -1.06. The fourth-order valence-electron chi connectivity index (χ4n) is 1.40. The molecule has 5 heteroatoms. The summed E-state index contributed by atoms with van der Waals surface area (Å²) in [5.74, 6) is -1.16. The molecule has 0 aliphatic rings. The van der Waals surface area contributed by atoms with E-state index >= 15 is 0 Å². The Morgan fingerprint density at radius 1 is 1.44 bits per heavy atom. The highest BCUT2D eigenvalue weighted by Crippen LogP contribution is 2.20. The van der Waals surface area contributed by atoms with Gasteiger partial charge in [-0.25, -0.2) is 9.59 Å². The molecule has 0 heterocycles. The van der Waals surface area contributed by atoms with E-state index in [0.717, 1.165) is 0 Å². The van der Waals surface area contributed by atoms with E-state index < -0.39 is 17.6 Å². The highest BCUT2D eigenvalue weighted by atomic mass is 16.5. The molecule has 0 spiro atoms. The molecule has 0 saturated carbocycles. The van der Waals surface area contributed by atoms with Crippen LogP contribution in [-0.2, 0) is 15.1 Å². The number of carboxylic acid groups (broad SMARTS) is 1. The van der Waals surface area contributed by atoms with Gasteiger partial charge in [0, 0.05) is 0 Å². The lowest BCUT2D eigenvalue weighted by atomic mass is 9.92. The Balaban J connectivity index is 2.92. The Kier molecular flexibility index (Phi) is 4.48. The minimum Gasteiger partial charge on any atom is -0.479 e. The fraction of sp³-hybridized carbons (Fsp3) is 0.231. The van der Waals surface area contributed by atoms with Gasteiger partial charge >= 0.3 is 12.1 Å². The van der Waals surface area contributed by atoms with Gasteiger partial charge in [-0.1, -0.05) is 43.0 Å². The van der Waals surface area contributed by atoms with Gasteiger partial charge < -0.3 is 15.2 Å². The van der Waals surface area contributed by atoms with Crippen LogP contribution in [0.25, 0.3) is 0 Å². The van der Waals surface area contributed by atoms with Gasteiger partial charge in [0.15, 0.2) is 5.54 Å². The molecule has 5 nitrogen and oxygen atoms in total. The molecule has 0 fully saturated rings. The number of hydrogen-bond acceptors (Lipinski definition) is 3. The maximum Gasteiger partial charge on any atom is 0.408 e. The third-order valence-electron chi connectivity index (χ3n) is 2.46. The van der Waals surface area contributed by atoms with Crippen molar-refractivity contribution in [1.29, 1.82) is 0 Å². The van der Waals surface area contributed by atoms with Crippen molar-refractivity contribution < 1.29 is 19.4 Å². The SMILES string of the molecule is C=CCOC(=O)NC(C)(C(=O)O)c1ccccc1. The van der Waals surface area contributed by atoms with Gasteiger partial charge in [-0.2, -0.15) is 0 Å². The van der Waals surface area contributed by atoms with Gasteiger partial charge in [0.1, 0.15) is 6.61 Å². The highest BCUT2D eigenvalue weighted by Gasteiger charge is 2.37. The average Bonchev–Trinajstić information content (AvgIpc) is 2.37. The molecule has 0 aliphatic heterocycles. The number of hydrogen-bond donors (Lipinski definition) is 2. The Hall–Kier alpha value is -2.30. The van der Waals surface area contributed by atoms with Gasteiger partial charge in [-0.05, 0) is 12.5 Å². The first-order valence-electron chi connectivity index (χ1n) is 5.35. The largest absolute Gasteiger partial charge is 0.479 e. The summed E-state index contributed by atoms with van der Waals surface area (Å²) in [7, 11) is 0. The van der Waals surface area contributed by atoms with E-state index in [1.165, 1.54) is 13.0 Å². The molecule has 2 N–H and O–H groups in total. The monoisotopic (exact) mass is 249 g/mol. The normalized spacial score (nSPS) is 13.2. The van der Waals surface area contributed by atoms with Crippen molar-refractivity contribution in [2.45, 2.75) is 12.5 Å². The van der Waals surface area contributed by atoms with Crippen LogP contribution >= 0.6 is 0 Å². The lowest BCUT2D eigenvalue weighted by Gasteiger charge is -2.26. The molecule has 0 aromatic heterocycles. The van der Waals surface area contributed by atoms with E-state index in [0.29, 0.717) is 5.56 Å². The number of aliphatic carboxylic acids is 1. The van der Waals surface area contributed by atoms with Crippen LogP contribution in [0.4, 0.5) is 4.79 Å². The van der Waals surface area contributed by atoms with Crippen LogP contribution in [0.5, 0.6) is 0 Å². The number of nitrogens with one attached hydrogen (secondary N) is 1. The Bertz CT molecular complexity index is 444. The number of alkyl carbamates (subject to hydrolysis) is 1. The molecule has 1 aromatic carbocycles. The fourth-order valence-corrected chi connectivity index (χ4v) is 1.40. The van der Waals surface area contributed by atoms with Crippen molar-refractivity contribution in [3.8, 4) is 0 Å². The first-order valence-corrected chi connectivity index (χ1v) is 5.35. The topological polar surface area (TPSA) is 75.6 Å². The second-order valence-corrected chi connectivity index (χ2v) is 3.81. The van der Waals surface area contributed by atoms with Gasteiger partial charge in [0.2, 0.25) is 0 Å². The minimum absolute atomic E-state index is 0.0241. The lowest BCUT2D eigenvalue weighted by molar-refractivity contribution is -0.144. The van der Waals surface area contributed by atoms with Gasteiger partial charge in [0.05, 0.1) is 0 Å². The van der Waals surface area contributed by atoms with E-state index in [9.17, 15) is 14.7 Å². The standard InChI is InChI=1S/C13H15NO4/c1-3-9-18-12(17)14-13(2,11(15)16)10-7-5-4-6-8-10/h3-8H,1,9H2,2H3,(H,14,17)(H,15,16). The average molecular weight is 249 g/mol. The zero-order valence-electron chi connectivity index (χ0n) is 10.1. The molecule has 96 valence electrons. The molecule has 0 radical (unpaired) electrons. The number of rotatable bonds is 5. The van der Waals surface area contributed by atoms with Crippen LogP contribution in [-0.4, -0.2) is 23.8 Å². The van der Waals surface area contributed by atoms with Crippen LogP contribution in [0.1, 0.15) is 12.5 Å². The molecule has 1 amide bonds. The molecule has 1 atom stereocenters. The minimum atomic E-state index is -1.53. The van der Waals surface area contributed by atoms with Crippen LogP contribution < -0.4 is 5.32 Å². The van der Waals surface area contributed by atoms with E-state index in [1.807, 2.05) is 0 Å². The lowest BCUT2D eigenvalue weighted by Crippen LogP contribution is -2.49. The van der Waals surface area contributed by atoms with Crippen LogP contribution in [0.15, 0.2) is 43.0 Å². The second kappa shape index (κ2) is 5.86. The van der Waals surface area contributed by atoms with Gasteiger partial charge in [0.25, 0.3) is 0 Å². The van der Waals surface area contributed by atoms with Crippen molar-refractivity contribution in [3.63, 3.8) is 0 Å². The second-order valence-electron chi connectivity index (χ2n) is 3.81. The molecule has 0 bridgehead atoms. The third-order valence-corrected chi connectivity index (χ3v) is 2.46. The Morgan fingerprint density at radius 2 is 2.06 bits per heavy atom. The number of amides is 1. The van der Waals surface area contributed by atoms with Crippen molar-refractivity contribution in [2.75, 3.05) is 6.61 Å². The van der Waals surface area contributed by atoms with Crippen LogP contribution in [0.3, 0.4) is 0 Å². The highest BCUT2D eigenvalue weighted by molar-refractivity contribution is 5.85. The zero-order valence-corrected chi connectivity index (χ0v) is 10.1. The van der Waals surface area contributed by atoms with E-state index in [2.05, 4.69) is 11.9 Å². The van der Waals surface area contributed by atoms with E-state index in [-0.39, 0.29) is 6.61 Å². The Morgan fingerprint density at radius 3 is 2.56 bits per heavy atom. The number of carbonyl (C=O) groups excluding carboxylic acids is 1. The molecule has 1 unspecified atom stereocenters. The van der Waals surface area contributed by atoms with Crippen LogP contribution in [0, 0.1) is 0 Å². The number of carbonyl (C=O) groups is 2. The van der Waals surface area contributed by atoms with E-state index in [4.69, 9.17) is 4.74 Å².